The van der Waals surface area contributed by atoms with Gasteiger partial charge < -0.3 is 10.1 Å². The fraction of sp³-hybridized carbons (Fsp3) is 0.222. The van der Waals surface area contributed by atoms with E-state index in [-0.39, 0.29) is 18.1 Å². The Labute approximate surface area is 227 Å². The summed E-state index contributed by atoms with van der Waals surface area (Å²) < 4.78 is 4.74. The Morgan fingerprint density at radius 2 is 1.74 bits per heavy atom. The van der Waals surface area contributed by atoms with Crippen molar-refractivity contribution in [1.29, 1.82) is 0 Å². The summed E-state index contributed by atoms with van der Waals surface area (Å²) >= 11 is 3.07. The van der Waals surface area contributed by atoms with Crippen LogP contribution in [0.4, 0.5) is 5.69 Å². The molecule has 4 aromatic rings. The Bertz CT molecular complexity index is 1360. The van der Waals surface area contributed by atoms with E-state index in [0.717, 1.165) is 21.0 Å². The number of ether oxygens (including phenoxy) is 1. The van der Waals surface area contributed by atoms with Crippen LogP contribution < -0.4 is 10.6 Å². The van der Waals surface area contributed by atoms with E-state index in [1.165, 1.54) is 30.6 Å². The van der Waals surface area contributed by atoms with Gasteiger partial charge in [0.25, 0.3) is 5.69 Å². The van der Waals surface area contributed by atoms with Crippen molar-refractivity contribution in [3.05, 3.63) is 104 Å². The maximum atomic E-state index is 13.6. The average Bonchev–Trinajstić information content (AvgIpc) is 3.64. The van der Waals surface area contributed by atoms with E-state index in [9.17, 15) is 19.7 Å². The molecule has 2 atom stereocenters. The fourth-order valence-corrected chi connectivity index (χ4v) is 5.52. The Morgan fingerprint density at radius 3 is 2.39 bits per heavy atom. The molecule has 9 nitrogen and oxygen atoms in total. The van der Waals surface area contributed by atoms with Crippen LogP contribution >= 0.6 is 22.7 Å². The molecule has 0 spiro atoms. The molecule has 4 rings (SSSR count). The smallest absolute Gasteiger partial charge is 0.319 e. The second-order valence-electron chi connectivity index (χ2n) is 8.44. The summed E-state index contributed by atoms with van der Waals surface area (Å²) in [5, 5.41) is 21.9. The van der Waals surface area contributed by atoms with E-state index in [4.69, 9.17) is 9.72 Å². The molecule has 196 valence electrons. The highest BCUT2D eigenvalue weighted by molar-refractivity contribution is 7.20. The van der Waals surface area contributed by atoms with Crippen LogP contribution in [0.15, 0.2) is 77.5 Å². The number of rotatable bonds is 12. The van der Waals surface area contributed by atoms with Gasteiger partial charge in [0.1, 0.15) is 5.01 Å². The molecule has 0 radical (unpaired) electrons. The van der Waals surface area contributed by atoms with Gasteiger partial charge in [0.2, 0.25) is 5.91 Å². The lowest BCUT2D eigenvalue weighted by Crippen LogP contribution is -2.48. The summed E-state index contributed by atoms with van der Waals surface area (Å²) in [6, 6.07) is 18.5. The number of esters is 1. The van der Waals surface area contributed by atoms with E-state index in [0.29, 0.717) is 18.5 Å². The number of nitrogens with zero attached hydrogens (tertiary/aromatic N) is 2. The second kappa shape index (κ2) is 13.0. The minimum absolute atomic E-state index is 0.00193. The van der Waals surface area contributed by atoms with Crippen molar-refractivity contribution in [2.24, 2.45) is 0 Å². The van der Waals surface area contributed by atoms with E-state index in [1.54, 1.807) is 23.5 Å². The highest BCUT2D eigenvalue weighted by Crippen LogP contribution is 2.31. The zero-order valence-electron chi connectivity index (χ0n) is 20.5. The molecule has 2 aromatic heterocycles. The molecule has 1 amide bonds. The molecule has 0 bridgehead atoms. The van der Waals surface area contributed by atoms with Gasteiger partial charge in [-0.1, -0.05) is 48.5 Å². The molecule has 0 saturated heterocycles. The van der Waals surface area contributed by atoms with E-state index >= 15 is 0 Å². The summed E-state index contributed by atoms with van der Waals surface area (Å²) in [5.74, 6) is -0.770. The number of thiophene rings is 1. The molecule has 2 N–H and O–H groups in total. The van der Waals surface area contributed by atoms with Crippen LogP contribution in [0, 0.1) is 10.1 Å². The van der Waals surface area contributed by atoms with Gasteiger partial charge in [0.15, 0.2) is 0 Å². The number of hydrogen-bond acceptors (Lipinski definition) is 9. The standard InChI is InChI=1S/C27H26N4O5S2/c1-36-25(32)16-28-22(15-18-6-3-2-4-7-18)26(33)29-21(14-19-9-11-20(12-10-19)31(34)35)23-17-38-27(30-23)24-8-5-13-37-24/h2-13,17,21-22,28H,14-16H2,1H3,(H,29,33)/t21-,22?/m0/s1. The second-order valence-corrected chi connectivity index (χ2v) is 10.2. The molecule has 2 heterocycles. The molecule has 38 heavy (non-hydrogen) atoms. The van der Waals surface area contributed by atoms with Crippen LogP contribution in [0.25, 0.3) is 9.88 Å². The van der Waals surface area contributed by atoms with Crippen LogP contribution in [0.3, 0.4) is 0 Å². The molecular weight excluding hydrogens is 524 g/mol. The predicted molar refractivity (Wildman–Crippen MR) is 147 cm³/mol. The summed E-state index contributed by atoms with van der Waals surface area (Å²) in [4.78, 5) is 41.8. The number of hydrogen-bond donors (Lipinski definition) is 2. The Morgan fingerprint density at radius 1 is 1.00 bits per heavy atom. The van der Waals surface area contributed by atoms with Crippen LogP contribution in [-0.4, -0.2) is 41.5 Å². The van der Waals surface area contributed by atoms with E-state index < -0.39 is 23.0 Å². The third-order valence-corrected chi connectivity index (χ3v) is 7.73. The van der Waals surface area contributed by atoms with Gasteiger partial charge in [-0.15, -0.1) is 22.7 Å². The number of aromatic nitrogens is 1. The van der Waals surface area contributed by atoms with Gasteiger partial charge in [-0.05, 0) is 35.4 Å². The number of benzene rings is 2. The molecule has 11 heteroatoms. The lowest BCUT2D eigenvalue weighted by molar-refractivity contribution is -0.384. The van der Waals surface area contributed by atoms with Crippen LogP contribution in [0.5, 0.6) is 0 Å². The molecule has 0 aliphatic heterocycles. The number of non-ortho nitro benzene ring substituents is 1. The van der Waals surface area contributed by atoms with E-state index in [1.807, 2.05) is 53.2 Å². The van der Waals surface area contributed by atoms with Gasteiger partial charge in [0, 0.05) is 17.5 Å². The first-order valence-electron chi connectivity index (χ1n) is 11.8. The summed E-state index contributed by atoms with van der Waals surface area (Å²) in [5.41, 5.74) is 2.44. The van der Waals surface area contributed by atoms with Crippen molar-refractivity contribution in [1.82, 2.24) is 15.6 Å². The number of thiazole rings is 1. The number of nitrogens with one attached hydrogen (secondary N) is 2. The average molecular weight is 551 g/mol. The third kappa shape index (κ3) is 7.31. The normalized spacial score (nSPS) is 12.4. The molecule has 1 unspecified atom stereocenters. The summed E-state index contributed by atoms with van der Waals surface area (Å²) in [6.45, 7) is -0.117. The van der Waals surface area contributed by atoms with Crippen molar-refractivity contribution in [3.8, 4) is 9.88 Å². The van der Waals surface area contributed by atoms with Gasteiger partial charge in [-0.25, -0.2) is 4.98 Å². The highest BCUT2D eigenvalue weighted by atomic mass is 32.1. The number of amides is 1. The minimum Gasteiger partial charge on any atom is -0.468 e. The first kappa shape index (κ1) is 27.1. The molecule has 0 saturated carbocycles. The van der Waals surface area contributed by atoms with Crippen molar-refractivity contribution >= 4 is 40.2 Å². The number of carbonyl (C=O) groups is 2. The predicted octanol–water partition coefficient (Wildman–Crippen LogP) is 4.55. The van der Waals surface area contributed by atoms with Gasteiger partial charge in [-0.3, -0.25) is 25.0 Å². The number of methoxy groups -OCH3 is 1. The van der Waals surface area contributed by atoms with Crippen LogP contribution in [0.2, 0.25) is 0 Å². The van der Waals surface area contributed by atoms with Crippen LogP contribution in [0.1, 0.15) is 22.9 Å². The number of carbonyl (C=O) groups excluding carboxylic acids is 2. The quantitative estimate of drug-likeness (QED) is 0.151. The zero-order valence-corrected chi connectivity index (χ0v) is 22.2. The van der Waals surface area contributed by atoms with Crippen molar-refractivity contribution in [3.63, 3.8) is 0 Å². The largest absolute Gasteiger partial charge is 0.468 e. The van der Waals surface area contributed by atoms with Crippen molar-refractivity contribution < 1.29 is 19.2 Å². The number of nitro groups is 1. The molecule has 0 fully saturated rings. The summed E-state index contributed by atoms with van der Waals surface area (Å²) in [7, 11) is 1.30. The highest BCUT2D eigenvalue weighted by Gasteiger charge is 2.25. The minimum atomic E-state index is -0.703. The molecule has 0 aliphatic carbocycles. The Kier molecular flexibility index (Phi) is 9.30. The Balaban J connectivity index is 1.58. The molecular formula is C27H26N4O5S2. The lowest BCUT2D eigenvalue weighted by atomic mass is 10.0. The van der Waals surface area contributed by atoms with Crippen LogP contribution in [-0.2, 0) is 27.2 Å². The lowest BCUT2D eigenvalue weighted by Gasteiger charge is -2.23. The topological polar surface area (TPSA) is 123 Å². The zero-order chi connectivity index (χ0) is 26.9. The molecule has 2 aromatic carbocycles. The van der Waals surface area contributed by atoms with Crippen molar-refractivity contribution in [2.75, 3.05) is 13.7 Å². The van der Waals surface area contributed by atoms with E-state index in [2.05, 4.69) is 10.6 Å². The maximum absolute atomic E-state index is 13.6. The monoisotopic (exact) mass is 550 g/mol. The van der Waals surface area contributed by atoms with Crippen molar-refractivity contribution in [2.45, 2.75) is 24.9 Å². The maximum Gasteiger partial charge on any atom is 0.319 e. The van der Waals surface area contributed by atoms with Gasteiger partial charge in [0.05, 0.1) is 41.2 Å². The van der Waals surface area contributed by atoms with Gasteiger partial charge in [-0.2, -0.15) is 0 Å². The third-order valence-electron chi connectivity index (χ3n) is 5.83. The fourth-order valence-electron chi connectivity index (χ4n) is 3.84. The van der Waals surface area contributed by atoms with Gasteiger partial charge >= 0.3 is 5.97 Å². The first-order chi connectivity index (χ1) is 18.4. The first-order valence-corrected chi connectivity index (χ1v) is 13.6. The molecule has 0 aliphatic rings. The summed E-state index contributed by atoms with van der Waals surface area (Å²) in [6.07, 6.45) is 0.748. The number of nitro benzene ring substituents is 1. The Hall–Kier alpha value is -3.93. The SMILES string of the molecule is COC(=O)CNC(Cc1ccccc1)C(=O)N[C@@H](Cc1ccc([N+](=O)[O-])cc1)c1csc(-c2cccs2)n1.